The molecule has 2 aromatic carbocycles. The summed E-state index contributed by atoms with van der Waals surface area (Å²) >= 11 is 3.15. The minimum absolute atomic E-state index is 0.00717. The van der Waals surface area contributed by atoms with Crippen LogP contribution in [0.1, 0.15) is 12.0 Å². The maximum absolute atomic E-state index is 13.4. The molecule has 0 heterocycles. The molecule has 3 N–H and O–H groups in total. The van der Waals surface area contributed by atoms with Gasteiger partial charge in [0.2, 0.25) is 11.8 Å². The normalized spacial score (nSPS) is 10.6. The van der Waals surface area contributed by atoms with Crippen molar-refractivity contribution in [1.82, 2.24) is 5.43 Å². The number of hydrogen-bond acceptors (Lipinski definition) is 4. The van der Waals surface area contributed by atoms with E-state index < -0.39 is 24.1 Å². The number of hydrazone groups is 1. The van der Waals surface area contributed by atoms with Gasteiger partial charge in [0.05, 0.1) is 16.4 Å². The van der Waals surface area contributed by atoms with Crippen LogP contribution in [-0.2, 0) is 9.59 Å². The first kappa shape index (κ1) is 17.6. The second kappa shape index (κ2) is 8.21. The van der Waals surface area contributed by atoms with E-state index >= 15 is 0 Å². The lowest BCUT2D eigenvalue weighted by Crippen LogP contribution is -2.24. The van der Waals surface area contributed by atoms with E-state index in [2.05, 4.69) is 31.8 Å². The first-order valence-electron chi connectivity index (χ1n) is 6.80. The third-order valence-electron chi connectivity index (χ3n) is 2.84. The summed E-state index contributed by atoms with van der Waals surface area (Å²) in [5.74, 6) is -1.79. The molecule has 0 spiro atoms. The SMILES string of the molecule is O=C(CC(=O)Nc1ccccc1F)N/N=C/c1ccc(O)c(Br)c1. The number of phenolic OH excluding ortho intramolecular Hbond substituents is 1. The Bertz CT molecular complexity index is 796. The lowest BCUT2D eigenvalue weighted by atomic mass is 10.2. The Morgan fingerprint density at radius 1 is 1.21 bits per heavy atom. The molecule has 0 saturated heterocycles. The van der Waals surface area contributed by atoms with E-state index in [-0.39, 0.29) is 11.4 Å². The molecule has 0 aromatic heterocycles. The molecule has 0 fully saturated rings. The highest BCUT2D eigenvalue weighted by Crippen LogP contribution is 2.23. The van der Waals surface area contributed by atoms with E-state index in [4.69, 9.17) is 0 Å². The van der Waals surface area contributed by atoms with Crippen molar-refractivity contribution < 1.29 is 19.1 Å². The molecule has 2 rings (SSSR count). The summed E-state index contributed by atoms with van der Waals surface area (Å²) in [5.41, 5.74) is 2.84. The smallest absolute Gasteiger partial charge is 0.249 e. The molecule has 6 nitrogen and oxygen atoms in total. The van der Waals surface area contributed by atoms with E-state index in [0.29, 0.717) is 10.0 Å². The van der Waals surface area contributed by atoms with Gasteiger partial charge in [-0.1, -0.05) is 12.1 Å². The topological polar surface area (TPSA) is 90.8 Å². The number of halogens is 2. The molecule has 2 aromatic rings. The van der Waals surface area contributed by atoms with Crippen LogP contribution in [0, 0.1) is 5.82 Å². The number of hydrogen-bond donors (Lipinski definition) is 3. The maximum Gasteiger partial charge on any atom is 0.249 e. The van der Waals surface area contributed by atoms with Crippen LogP contribution in [0.3, 0.4) is 0 Å². The zero-order chi connectivity index (χ0) is 17.5. The van der Waals surface area contributed by atoms with E-state index in [1.807, 2.05) is 0 Å². The number of para-hydroxylation sites is 1. The van der Waals surface area contributed by atoms with Crippen LogP contribution in [0.2, 0.25) is 0 Å². The van der Waals surface area contributed by atoms with E-state index in [0.717, 1.165) is 0 Å². The van der Waals surface area contributed by atoms with Crippen LogP contribution in [0.25, 0.3) is 0 Å². The molecular formula is C16H13BrFN3O3. The summed E-state index contributed by atoms with van der Waals surface area (Å²) in [5, 5.41) is 15.4. The number of anilines is 1. The Kier molecular flexibility index (Phi) is 6.02. The first-order chi connectivity index (χ1) is 11.5. The van der Waals surface area contributed by atoms with Gasteiger partial charge in [-0.2, -0.15) is 5.10 Å². The standard InChI is InChI=1S/C16H13BrFN3O3/c17-11-7-10(5-6-14(11)22)9-19-21-16(24)8-15(23)20-13-4-2-1-3-12(13)18/h1-7,9,22H,8H2,(H,20,23)(H,21,24)/b19-9+. The van der Waals surface area contributed by atoms with Crippen LogP contribution in [0.5, 0.6) is 5.75 Å². The highest BCUT2D eigenvalue weighted by molar-refractivity contribution is 9.10. The molecular weight excluding hydrogens is 381 g/mol. The molecule has 0 bridgehead atoms. The molecule has 0 atom stereocenters. The average Bonchev–Trinajstić information content (AvgIpc) is 2.53. The summed E-state index contributed by atoms with van der Waals surface area (Å²) in [6.07, 6.45) is 0.863. The summed E-state index contributed by atoms with van der Waals surface area (Å²) in [4.78, 5) is 23.3. The van der Waals surface area contributed by atoms with Crippen molar-refractivity contribution in [2.75, 3.05) is 5.32 Å². The predicted molar refractivity (Wildman–Crippen MR) is 91.2 cm³/mol. The number of aromatic hydroxyl groups is 1. The number of amides is 2. The van der Waals surface area contributed by atoms with Crippen molar-refractivity contribution in [2.45, 2.75) is 6.42 Å². The molecule has 2 amide bonds. The van der Waals surface area contributed by atoms with Crippen molar-refractivity contribution in [3.8, 4) is 5.75 Å². The number of nitrogens with one attached hydrogen (secondary N) is 2. The summed E-state index contributed by atoms with van der Waals surface area (Å²) in [6.45, 7) is 0. The van der Waals surface area contributed by atoms with Crippen molar-refractivity contribution in [3.63, 3.8) is 0 Å². The molecule has 0 aliphatic heterocycles. The zero-order valence-electron chi connectivity index (χ0n) is 12.3. The Hall–Kier alpha value is -2.74. The number of benzene rings is 2. The molecule has 0 radical (unpaired) electrons. The minimum atomic E-state index is -0.653. The van der Waals surface area contributed by atoms with Gasteiger partial charge >= 0.3 is 0 Å². The van der Waals surface area contributed by atoms with Gasteiger partial charge in [0.15, 0.2) is 0 Å². The third-order valence-corrected chi connectivity index (χ3v) is 3.48. The van der Waals surface area contributed by atoms with Crippen LogP contribution in [0.4, 0.5) is 10.1 Å². The predicted octanol–water partition coefficient (Wildman–Crippen LogP) is 2.77. The fraction of sp³-hybridized carbons (Fsp3) is 0.0625. The number of phenols is 1. The van der Waals surface area contributed by atoms with Gasteiger partial charge in [-0.15, -0.1) is 0 Å². The average molecular weight is 394 g/mol. The highest BCUT2D eigenvalue weighted by atomic mass is 79.9. The number of carbonyl (C=O) groups is 2. The molecule has 0 unspecified atom stereocenters. The Labute approximate surface area is 145 Å². The molecule has 8 heteroatoms. The van der Waals surface area contributed by atoms with Crippen molar-refractivity contribution >= 4 is 39.6 Å². The number of carbonyl (C=O) groups excluding carboxylic acids is 2. The Morgan fingerprint density at radius 2 is 1.96 bits per heavy atom. The van der Waals surface area contributed by atoms with E-state index in [1.54, 1.807) is 18.2 Å². The van der Waals surface area contributed by atoms with Crippen LogP contribution in [-0.4, -0.2) is 23.1 Å². The fourth-order valence-corrected chi connectivity index (χ4v) is 2.12. The Balaban J connectivity index is 1.84. The Morgan fingerprint density at radius 3 is 2.67 bits per heavy atom. The van der Waals surface area contributed by atoms with Gasteiger partial charge in [-0.25, -0.2) is 9.82 Å². The van der Waals surface area contributed by atoms with Crippen LogP contribution < -0.4 is 10.7 Å². The highest BCUT2D eigenvalue weighted by Gasteiger charge is 2.10. The number of rotatable bonds is 5. The van der Waals surface area contributed by atoms with Gasteiger partial charge in [-0.3, -0.25) is 9.59 Å². The number of nitrogens with zero attached hydrogens (tertiary/aromatic N) is 1. The molecule has 0 aliphatic rings. The maximum atomic E-state index is 13.4. The lowest BCUT2D eigenvalue weighted by Gasteiger charge is -2.05. The van der Waals surface area contributed by atoms with Gasteiger partial charge in [-0.05, 0) is 51.8 Å². The van der Waals surface area contributed by atoms with Gasteiger partial charge < -0.3 is 10.4 Å². The summed E-state index contributed by atoms with van der Waals surface area (Å²) < 4.78 is 13.9. The van der Waals surface area contributed by atoms with E-state index in [1.165, 1.54) is 30.5 Å². The molecule has 24 heavy (non-hydrogen) atoms. The van der Waals surface area contributed by atoms with E-state index in [9.17, 15) is 19.1 Å². The zero-order valence-corrected chi connectivity index (χ0v) is 13.9. The van der Waals surface area contributed by atoms with Gasteiger partial charge in [0, 0.05) is 0 Å². The van der Waals surface area contributed by atoms with Crippen LogP contribution >= 0.6 is 15.9 Å². The second-order valence-electron chi connectivity index (χ2n) is 4.71. The molecule has 0 aliphatic carbocycles. The first-order valence-corrected chi connectivity index (χ1v) is 7.60. The third kappa shape index (κ3) is 5.17. The monoisotopic (exact) mass is 393 g/mol. The largest absolute Gasteiger partial charge is 0.507 e. The van der Waals surface area contributed by atoms with Crippen LogP contribution in [0.15, 0.2) is 52.0 Å². The molecule has 124 valence electrons. The van der Waals surface area contributed by atoms with Gasteiger partial charge in [0.1, 0.15) is 18.0 Å². The fourth-order valence-electron chi connectivity index (χ4n) is 1.72. The second-order valence-corrected chi connectivity index (χ2v) is 5.56. The quantitative estimate of drug-likeness (QED) is 0.414. The van der Waals surface area contributed by atoms with Crippen molar-refractivity contribution in [1.29, 1.82) is 0 Å². The lowest BCUT2D eigenvalue weighted by molar-refractivity contribution is -0.126. The van der Waals surface area contributed by atoms with Gasteiger partial charge in [0.25, 0.3) is 0 Å². The summed E-state index contributed by atoms with van der Waals surface area (Å²) in [6, 6.07) is 10.3. The minimum Gasteiger partial charge on any atom is -0.507 e. The van der Waals surface area contributed by atoms with Crippen molar-refractivity contribution in [2.24, 2.45) is 5.10 Å². The summed E-state index contributed by atoms with van der Waals surface area (Å²) in [7, 11) is 0. The van der Waals surface area contributed by atoms with Crippen molar-refractivity contribution in [3.05, 3.63) is 58.3 Å². The molecule has 0 saturated carbocycles.